The van der Waals surface area contributed by atoms with Crippen LogP contribution in [0.5, 0.6) is 5.75 Å². The number of benzene rings is 3. The molecule has 2 aliphatic rings. The van der Waals surface area contributed by atoms with Crippen molar-refractivity contribution in [2.24, 2.45) is 0 Å². The van der Waals surface area contributed by atoms with E-state index in [1.54, 1.807) is 0 Å². The van der Waals surface area contributed by atoms with Gasteiger partial charge in [-0.05, 0) is 79.6 Å². The first kappa shape index (κ1) is 25.0. The molecule has 1 fully saturated rings. The van der Waals surface area contributed by atoms with Crippen LogP contribution in [0.1, 0.15) is 30.4 Å². The Hall–Kier alpha value is -2.72. The van der Waals surface area contributed by atoms with E-state index in [2.05, 4.69) is 38.6 Å². The maximum Gasteiger partial charge on any atom is 0.573 e. The van der Waals surface area contributed by atoms with E-state index >= 15 is 0 Å². The summed E-state index contributed by atoms with van der Waals surface area (Å²) < 4.78 is 57.2. The molecule has 36 heavy (non-hydrogen) atoms. The van der Waals surface area contributed by atoms with Gasteiger partial charge in [-0.2, -0.15) is 0 Å². The van der Waals surface area contributed by atoms with Gasteiger partial charge in [0.1, 0.15) is 5.75 Å². The molecule has 1 aliphatic carbocycles. The molecule has 1 saturated carbocycles. The second-order valence-electron chi connectivity index (χ2n) is 9.13. The first-order valence-electron chi connectivity index (χ1n) is 12.0. The Labute approximate surface area is 211 Å². The topological polar surface area (TPSA) is 67.8 Å². The standard InChI is InChI=1S/C27H27F3N2O3S/c28-27(29,30)35-20-14-16-21(17-15-20)36(34)31-22-8-5-11-25(26(22)33)32-23-9-3-1-6-18(23)12-13-19-7-2-4-10-24(19)32/h1-4,6-7,9-10,14-17,22,25-26,31,33H,5,8,11-13H2/t22-,25-,26+,36?/m0/s1. The van der Waals surface area contributed by atoms with Crippen LogP contribution in [0, 0.1) is 0 Å². The normalized spacial score (nSPS) is 22.8. The van der Waals surface area contributed by atoms with Crippen molar-refractivity contribution in [2.75, 3.05) is 4.90 Å². The zero-order valence-corrected chi connectivity index (χ0v) is 20.3. The number of nitrogens with zero attached hydrogens (tertiary/aromatic N) is 1. The Morgan fingerprint density at radius 1 is 0.889 bits per heavy atom. The Balaban J connectivity index is 1.37. The van der Waals surface area contributed by atoms with E-state index < -0.39 is 29.9 Å². The highest BCUT2D eigenvalue weighted by Gasteiger charge is 2.40. The van der Waals surface area contributed by atoms with Gasteiger partial charge in [-0.25, -0.2) is 0 Å². The Morgan fingerprint density at radius 3 is 2.06 bits per heavy atom. The molecule has 3 aromatic rings. The lowest BCUT2D eigenvalue weighted by Crippen LogP contribution is -2.55. The van der Waals surface area contributed by atoms with Crippen molar-refractivity contribution in [1.82, 2.24) is 4.72 Å². The van der Waals surface area contributed by atoms with Crippen LogP contribution in [-0.4, -0.2) is 34.2 Å². The van der Waals surface area contributed by atoms with E-state index in [-0.39, 0.29) is 11.8 Å². The largest absolute Gasteiger partial charge is 0.593 e. The number of aliphatic hydroxyl groups is 1. The summed E-state index contributed by atoms with van der Waals surface area (Å²) in [6, 6.07) is 20.8. The molecule has 0 aromatic heterocycles. The van der Waals surface area contributed by atoms with Gasteiger partial charge in [0.2, 0.25) is 0 Å². The highest BCUT2D eigenvalue weighted by Crippen LogP contribution is 2.41. The third-order valence-corrected chi connectivity index (χ3v) is 8.07. The average Bonchev–Trinajstić information content (AvgIpc) is 3.02. The fourth-order valence-electron chi connectivity index (χ4n) is 5.21. The molecule has 3 aromatic carbocycles. The zero-order chi connectivity index (χ0) is 25.3. The van der Waals surface area contributed by atoms with Gasteiger partial charge in [-0.1, -0.05) is 36.4 Å². The minimum Gasteiger partial charge on any atom is -0.593 e. The van der Waals surface area contributed by atoms with Crippen molar-refractivity contribution < 1.29 is 27.6 Å². The summed E-state index contributed by atoms with van der Waals surface area (Å²) in [6.07, 6.45) is -1.54. The molecular weight excluding hydrogens is 489 g/mol. The maximum atomic E-state index is 13.0. The molecule has 0 amide bonds. The summed E-state index contributed by atoms with van der Waals surface area (Å²) in [5.41, 5.74) is 4.60. The lowest BCUT2D eigenvalue weighted by Gasteiger charge is -2.43. The average molecular weight is 517 g/mol. The van der Waals surface area contributed by atoms with E-state index in [0.717, 1.165) is 49.2 Å². The molecule has 0 saturated heterocycles. The second kappa shape index (κ2) is 10.3. The first-order valence-corrected chi connectivity index (χ1v) is 13.1. The minimum absolute atomic E-state index is 0.226. The van der Waals surface area contributed by atoms with Crippen LogP contribution in [0.15, 0.2) is 77.7 Å². The molecule has 1 aliphatic heterocycles. The summed E-state index contributed by atoms with van der Waals surface area (Å²) in [7, 11) is 0. The highest BCUT2D eigenvalue weighted by atomic mass is 32.2. The number of hydrogen-bond acceptors (Lipinski definition) is 5. The minimum atomic E-state index is -4.79. The number of aliphatic hydroxyl groups excluding tert-OH is 1. The first-order chi connectivity index (χ1) is 17.3. The molecule has 4 atom stereocenters. The number of rotatable bonds is 5. The summed E-state index contributed by atoms with van der Waals surface area (Å²) >= 11 is -1.71. The Bertz CT molecular complexity index is 1140. The van der Waals surface area contributed by atoms with E-state index in [1.807, 2.05) is 24.3 Å². The van der Waals surface area contributed by atoms with Crippen molar-refractivity contribution in [3.8, 4) is 5.75 Å². The van der Waals surface area contributed by atoms with Crippen LogP contribution in [0.4, 0.5) is 24.5 Å². The molecule has 0 bridgehead atoms. The smallest absolute Gasteiger partial charge is 0.573 e. The van der Waals surface area contributed by atoms with Gasteiger partial charge in [0.05, 0.1) is 29.5 Å². The van der Waals surface area contributed by atoms with E-state index in [4.69, 9.17) is 0 Å². The molecule has 0 radical (unpaired) electrons. The third kappa shape index (κ3) is 5.34. The van der Waals surface area contributed by atoms with Crippen molar-refractivity contribution in [3.63, 3.8) is 0 Å². The van der Waals surface area contributed by atoms with Crippen LogP contribution in [-0.2, 0) is 24.2 Å². The molecule has 1 heterocycles. The van der Waals surface area contributed by atoms with E-state index in [0.29, 0.717) is 11.3 Å². The number of halogens is 3. The number of nitrogens with one attached hydrogen (secondary N) is 1. The predicted octanol–water partition coefficient (Wildman–Crippen LogP) is 5.42. The van der Waals surface area contributed by atoms with E-state index in [1.165, 1.54) is 23.3 Å². The predicted molar refractivity (Wildman–Crippen MR) is 133 cm³/mol. The SMILES string of the molecule is [O-][S+](N[C@H]1CCC[C@H](N2c3ccccc3CCc3ccccc32)[C@@H]1O)c1ccc(OC(F)(F)F)cc1. The lowest BCUT2D eigenvalue weighted by molar-refractivity contribution is -0.274. The van der Waals surface area contributed by atoms with Crippen LogP contribution in [0.3, 0.4) is 0 Å². The van der Waals surface area contributed by atoms with Crippen molar-refractivity contribution in [3.05, 3.63) is 83.9 Å². The van der Waals surface area contributed by atoms with Crippen LogP contribution in [0.2, 0.25) is 0 Å². The number of fused-ring (bicyclic) bond motifs is 2. The van der Waals surface area contributed by atoms with Crippen molar-refractivity contribution in [1.29, 1.82) is 0 Å². The number of para-hydroxylation sites is 2. The van der Waals surface area contributed by atoms with Gasteiger partial charge in [-0.15, -0.1) is 17.9 Å². The molecule has 2 N–H and O–H groups in total. The quantitative estimate of drug-likeness (QED) is 0.444. The third-order valence-electron chi connectivity index (χ3n) is 6.85. The zero-order valence-electron chi connectivity index (χ0n) is 19.4. The number of hydrogen-bond donors (Lipinski definition) is 2. The number of anilines is 2. The van der Waals surface area contributed by atoms with Crippen LogP contribution in [0.25, 0.3) is 0 Å². The number of aryl methyl sites for hydroxylation is 2. The summed E-state index contributed by atoms with van der Waals surface area (Å²) in [5, 5.41) is 11.5. The fraction of sp³-hybridized carbons (Fsp3) is 0.333. The van der Waals surface area contributed by atoms with Gasteiger partial charge in [0, 0.05) is 11.4 Å². The van der Waals surface area contributed by atoms with Gasteiger partial charge < -0.3 is 19.3 Å². The molecule has 1 unspecified atom stereocenters. The molecule has 0 spiro atoms. The number of alkyl halides is 3. The molecule has 9 heteroatoms. The van der Waals surface area contributed by atoms with Gasteiger partial charge in [-0.3, -0.25) is 0 Å². The molecule has 5 nitrogen and oxygen atoms in total. The van der Waals surface area contributed by atoms with Crippen LogP contribution >= 0.6 is 0 Å². The molecular formula is C27H27F3N2O3S. The lowest BCUT2D eigenvalue weighted by atomic mass is 9.86. The van der Waals surface area contributed by atoms with Crippen molar-refractivity contribution in [2.45, 2.75) is 61.5 Å². The van der Waals surface area contributed by atoms with Gasteiger partial charge in [0.25, 0.3) is 0 Å². The van der Waals surface area contributed by atoms with Crippen LogP contribution < -0.4 is 14.4 Å². The van der Waals surface area contributed by atoms with E-state index in [9.17, 15) is 22.8 Å². The Morgan fingerprint density at radius 2 is 1.47 bits per heavy atom. The highest BCUT2D eigenvalue weighted by molar-refractivity contribution is 7.89. The monoisotopic (exact) mass is 516 g/mol. The summed E-state index contributed by atoms with van der Waals surface area (Å²) in [6.45, 7) is 0. The second-order valence-corrected chi connectivity index (χ2v) is 10.4. The van der Waals surface area contributed by atoms with Gasteiger partial charge >= 0.3 is 6.36 Å². The Kier molecular flexibility index (Phi) is 7.16. The summed E-state index contributed by atoms with van der Waals surface area (Å²) in [4.78, 5) is 2.55. The molecule has 190 valence electrons. The maximum absolute atomic E-state index is 13.0. The van der Waals surface area contributed by atoms with Crippen molar-refractivity contribution >= 4 is 22.7 Å². The number of ether oxygens (including phenoxy) is 1. The fourth-order valence-corrected chi connectivity index (χ4v) is 6.26. The van der Waals surface area contributed by atoms with Gasteiger partial charge in [0.15, 0.2) is 4.90 Å². The summed E-state index contributed by atoms with van der Waals surface area (Å²) in [5.74, 6) is -0.375. The molecule has 5 rings (SSSR count).